The van der Waals surface area contributed by atoms with E-state index in [1.165, 1.54) is 0 Å². The number of ether oxygens (including phenoxy) is 2. The molecule has 1 aliphatic rings. The van der Waals surface area contributed by atoms with Gasteiger partial charge in [-0.3, -0.25) is 4.79 Å². The summed E-state index contributed by atoms with van der Waals surface area (Å²) in [6, 6.07) is 0. The average Bonchev–Trinajstić information content (AvgIpc) is 2.93. The Hall–Kier alpha value is -2.46. The van der Waals surface area contributed by atoms with Crippen LogP contribution in [0.4, 0.5) is 4.79 Å². The normalized spacial score (nSPS) is 28.3. The Labute approximate surface area is 252 Å². The summed E-state index contributed by atoms with van der Waals surface area (Å²) in [4.78, 5) is 23.5. The third kappa shape index (κ3) is 11.3. The predicted molar refractivity (Wildman–Crippen MR) is 164 cm³/mol. The van der Waals surface area contributed by atoms with Crippen LogP contribution in [0, 0.1) is 41.4 Å². The summed E-state index contributed by atoms with van der Waals surface area (Å²) in [6.07, 6.45) is 6.04. The van der Waals surface area contributed by atoms with Crippen molar-refractivity contribution in [2.75, 3.05) is 0 Å². The molecule has 0 aromatic heterocycles. The molecule has 0 unspecified atom stereocenters. The predicted octanol–water partition coefficient (Wildman–Crippen LogP) is 4.30. The molecule has 0 spiro atoms. The van der Waals surface area contributed by atoms with Gasteiger partial charge in [-0.1, -0.05) is 90.2 Å². The number of hydrogen-bond donors (Lipinski definition) is 5. The largest absolute Gasteiger partial charge is 0.462 e. The van der Waals surface area contributed by atoms with Gasteiger partial charge in [0.2, 0.25) is 0 Å². The van der Waals surface area contributed by atoms with Crippen molar-refractivity contribution in [3.05, 3.63) is 48.6 Å². The number of aliphatic hydroxyl groups is 4. The SMILES string of the molecule is C=C/C=C/[C@@H](C)[C@@H](OC(N)=O)[C@H](C)[C@@H](O)[C@H](C)C/C(C)=C/[C@@H](C)[C@H](O)[C@H](C)/C=C/[C@H](O)C[C@H]1OC(=O)[C@@H](C)[C@H](O)[C@@H]1C. The van der Waals surface area contributed by atoms with Crippen LogP contribution in [0.5, 0.6) is 0 Å². The lowest BCUT2D eigenvalue weighted by atomic mass is 9.81. The number of cyclic esters (lactones) is 1. The van der Waals surface area contributed by atoms with E-state index < -0.39 is 54.6 Å². The van der Waals surface area contributed by atoms with Gasteiger partial charge in [0.1, 0.15) is 12.2 Å². The Balaban J connectivity index is 2.76. The van der Waals surface area contributed by atoms with Crippen molar-refractivity contribution in [3.8, 4) is 0 Å². The van der Waals surface area contributed by atoms with E-state index in [9.17, 15) is 30.0 Å². The highest BCUT2D eigenvalue weighted by atomic mass is 16.6. The number of rotatable bonds is 16. The van der Waals surface area contributed by atoms with Crippen LogP contribution in [0.1, 0.15) is 68.2 Å². The highest BCUT2D eigenvalue weighted by molar-refractivity contribution is 5.73. The molecule has 1 aliphatic heterocycles. The van der Waals surface area contributed by atoms with Gasteiger partial charge in [-0.2, -0.15) is 0 Å². The van der Waals surface area contributed by atoms with E-state index in [1.807, 2.05) is 53.7 Å². The average molecular weight is 594 g/mol. The van der Waals surface area contributed by atoms with Crippen LogP contribution in [0.15, 0.2) is 48.6 Å². The number of primary amides is 1. The molecular weight excluding hydrogens is 538 g/mol. The number of nitrogens with two attached hydrogens (primary N) is 1. The van der Waals surface area contributed by atoms with Crippen molar-refractivity contribution in [2.24, 2.45) is 47.2 Å². The van der Waals surface area contributed by atoms with Gasteiger partial charge < -0.3 is 35.6 Å². The second-order valence-electron chi connectivity index (χ2n) is 12.4. The number of carbonyl (C=O) groups is 2. The standard InChI is InChI=1S/C33H55NO8/c1-10-11-12-20(4)31(42-33(34)40)24(8)29(37)22(6)16-18(2)15-21(5)28(36)19(3)13-14-26(35)17-27-23(7)30(38)25(9)32(39)41-27/h10-15,19-31,35-38H,1,16-17H2,2-9H3,(H2,34,40)/b12-11+,14-13+,18-15+/t19-,20-,21-,22-,23-,24-,25+,26+,27-,28-,29+,30-,31-/m1/s1. The zero-order valence-electron chi connectivity index (χ0n) is 26.6. The van der Waals surface area contributed by atoms with Gasteiger partial charge >= 0.3 is 12.1 Å². The minimum Gasteiger partial charge on any atom is -0.462 e. The molecule has 1 fully saturated rings. The molecule has 0 aromatic carbocycles. The van der Waals surface area contributed by atoms with Gasteiger partial charge in [0, 0.05) is 36.0 Å². The van der Waals surface area contributed by atoms with E-state index in [0.29, 0.717) is 6.42 Å². The zero-order chi connectivity index (χ0) is 32.3. The number of esters is 1. The number of allylic oxidation sites excluding steroid dienone is 3. The van der Waals surface area contributed by atoms with Crippen molar-refractivity contribution in [1.82, 2.24) is 0 Å². The van der Waals surface area contributed by atoms with E-state index in [4.69, 9.17) is 15.2 Å². The molecule has 6 N–H and O–H groups in total. The summed E-state index contributed by atoms with van der Waals surface area (Å²) >= 11 is 0. The smallest absolute Gasteiger partial charge is 0.404 e. The van der Waals surface area contributed by atoms with Gasteiger partial charge in [0.15, 0.2) is 0 Å². The van der Waals surface area contributed by atoms with Crippen LogP contribution in [0.25, 0.3) is 0 Å². The fourth-order valence-corrected chi connectivity index (χ4v) is 5.80. The van der Waals surface area contributed by atoms with E-state index in [2.05, 4.69) is 6.58 Å². The molecule has 0 aromatic rings. The van der Waals surface area contributed by atoms with Crippen molar-refractivity contribution in [3.63, 3.8) is 0 Å². The molecule has 0 radical (unpaired) electrons. The molecule has 1 rings (SSSR count). The minimum atomic E-state index is -0.894. The van der Waals surface area contributed by atoms with Gasteiger partial charge in [0.25, 0.3) is 0 Å². The lowest BCUT2D eigenvalue weighted by Crippen LogP contribution is -2.47. The summed E-state index contributed by atoms with van der Waals surface area (Å²) in [7, 11) is 0. The van der Waals surface area contributed by atoms with Crippen molar-refractivity contribution in [2.45, 2.75) is 105 Å². The second-order valence-corrected chi connectivity index (χ2v) is 12.4. The van der Waals surface area contributed by atoms with Crippen LogP contribution < -0.4 is 5.73 Å². The Morgan fingerprint density at radius 2 is 1.64 bits per heavy atom. The Bertz CT molecular complexity index is 962. The summed E-state index contributed by atoms with van der Waals surface area (Å²) < 4.78 is 10.8. The first-order chi connectivity index (χ1) is 19.5. The first-order valence-corrected chi connectivity index (χ1v) is 15.0. The van der Waals surface area contributed by atoms with Gasteiger partial charge in [-0.05, 0) is 26.2 Å². The molecule has 13 atom stereocenters. The van der Waals surface area contributed by atoms with Crippen LogP contribution in [-0.4, -0.2) is 69.1 Å². The lowest BCUT2D eigenvalue weighted by molar-refractivity contribution is -0.179. The van der Waals surface area contributed by atoms with Crippen molar-refractivity contribution in [1.29, 1.82) is 0 Å². The molecule has 0 aliphatic carbocycles. The quantitative estimate of drug-likeness (QED) is 0.101. The molecule has 1 heterocycles. The van der Waals surface area contributed by atoms with Crippen molar-refractivity contribution >= 4 is 12.1 Å². The Kier molecular flexibility index (Phi) is 15.7. The fourth-order valence-electron chi connectivity index (χ4n) is 5.80. The molecule has 42 heavy (non-hydrogen) atoms. The highest BCUT2D eigenvalue weighted by Gasteiger charge is 2.41. The minimum absolute atomic E-state index is 0.152. The summed E-state index contributed by atoms with van der Waals surface area (Å²) in [6.45, 7) is 18.5. The van der Waals surface area contributed by atoms with E-state index in [1.54, 1.807) is 38.2 Å². The molecule has 1 saturated heterocycles. The molecule has 0 saturated carbocycles. The van der Waals surface area contributed by atoms with Crippen LogP contribution in [0.2, 0.25) is 0 Å². The maximum Gasteiger partial charge on any atom is 0.404 e. The molecule has 9 nitrogen and oxygen atoms in total. The zero-order valence-corrected chi connectivity index (χ0v) is 26.6. The lowest BCUT2D eigenvalue weighted by Gasteiger charge is -2.36. The van der Waals surface area contributed by atoms with Crippen LogP contribution >= 0.6 is 0 Å². The first-order valence-electron chi connectivity index (χ1n) is 15.0. The van der Waals surface area contributed by atoms with Crippen molar-refractivity contribution < 1.29 is 39.5 Å². The third-order valence-corrected chi connectivity index (χ3v) is 8.62. The van der Waals surface area contributed by atoms with E-state index >= 15 is 0 Å². The second kappa shape index (κ2) is 17.6. The Morgan fingerprint density at radius 1 is 1.02 bits per heavy atom. The molecular formula is C33H55NO8. The summed E-state index contributed by atoms with van der Waals surface area (Å²) in [5.74, 6) is -2.52. The van der Waals surface area contributed by atoms with Gasteiger partial charge in [0.05, 0.1) is 30.3 Å². The summed E-state index contributed by atoms with van der Waals surface area (Å²) in [5.41, 5.74) is 6.30. The summed E-state index contributed by atoms with van der Waals surface area (Å²) in [5, 5.41) is 42.8. The molecule has 240 valence electrons. The molecule has 1 amide bonds. The number of aliphatic hydroxyl groups excluding tert-OH is 4. The topological polar surface area (TPSA) is 160 Å². The Morgan fingerprint density at radius 3 is 2.21 bits per heavy atom. The first kappa shape index (κ1) is 37.6. The fraction of sp³-hybridized carbons (Fsp3) is 0.697. The number of hydrogen-bond acceptors (Lipinski definition) is 8. The molecule has 0 bridgehead atoms. The van der Waals surface area contributed by atoms with E-state index in [0.717, 1.165) is 5.57 Å². The highest BCUT2D eigenvalue weighted by Crippen LogP contribution is 2.30. The van der Waals surface area contributed by atoms with Crippen LogP contribution in [-0.2, 0) is 14.3 Å². The molecule has 9 heteroatoms. The maximum atomic E-state index is 12.0. The number of amides is 1. The monoisotopic (exact) mass is 593 g/mol. The number of carbonyl (C=O) groups excluding carboxylic acids is 2. The van der Waals surface area contributed by atoms with E-state index in [-0.39, 0.29) is 41.9 Å². The van der Waals surface area contributed by atoms with Crippen LogP contribution in [0.3, 0.4) is 0 Å². The maximum absolute atomic E-state index is 12.0. The van der Waals surface area contributed by atoms with Gasteiger partial charge in [-0.25, -0.2) is 4.79 Å². The van der Waals surface area contributed by atoms with Gasteiger partial charge in [-0.15, -0.1) is 0 Å². The third-order valence-electron chi connectivity index (χ3n) is 8.62.